The molecule has 7 heteroatoms. The van der Waals surface area contributed by atoms with Gasteiger partial charge >= 0.3 is 0 Å². The first-order valence-electron chi connectivity index (χ1n) is 8.43. The second-order valence-electron chi connectivity index (χ2n) is 6.19. The molecule has 0 spiro atoms. The molecule has 1 aliphatic heterocycles. The van der Waals surface area contributed by atoms with Gasteiger partial charge in [-0.1, -0.05) is 6.07 Å². The molecule has 0 aliphatic carbocycles. The number of hydrogen-bond acceptors (Lipinski definition) is 6. The fraction of sp³-hybridized carbons (Fsp3) is 0.278. The molecule has 1 aromatic carbocycles. The summed E-state index contributed by atoms with van der Waals surface area (Å²) in [6.45, 7) is 2.06. The Balaban J connectivity index is 1.51. The monoisotopic (exact) mass is 336 g/mol. The van der Waals surface area contributed by atoms with Crippen molar-refractivity contribution >= 4 is 5.82 Å². The maximum atomic E-state index is 10.4. The minimum Gasteiger partial charge on any atom is -0.507 e. The van der Waals surface area contributed by atoms with Crippen molar-refractivity contribution in [2.24, 2.45) is 0 Å². The molecule has 7 nitrogen and oxygen atoms in total. The van der Waals surface area contributed by atoms with E-state index >= 15 is 0 Å². The lowest BCUT2D eigenvalue weighted by Gasteiger charge is -2.23. The van der Waals surface area contributed by atoms with Crippen LogP contribution < -0.4 is 10.6 Å². The van der Waals surface area contributed by atoms with Gasteiger partial charge in [-0.05, 0) is 55.8 Å². The zero-order valence-corrected chi connectivity index (χ0v) is 13.7. The number of piperidine rings is 1. The number of nitrogens with zero attached hydrogens (tertiary/aromatic N) is 3. The van der Waals surface area contributed by atoms with Crippen LogP contribution in [-0.4, -0.2) is 44.6 Å². The van der Waals surface area contributed by atoms with Crippen LogP contribution in [0.25, 0.3) is 22.4 Å². The Kier molecular flexibility index (Phi) is 4.30. The van der Waals surface area contributed by atoms with E-state index < -0.39 is 0 Å². The summed E-state index contributed by atoms with van der Waals surface area (Å²) < 4.78 is 0. The normalized spacial score (nSPS) is 15.2. The highest BCUT2D eigenvalue weighted by Crippen LogP contribution is 2.32. The third-order valence-electron chi connectivity index (χ3n) is 4.46. The van der Waals surface area contributed by atoms with Gasteiger partial charge in [0.25, 0.3) is 0 Å². The predicted octanol–water partition coefficient (Wildman–Crippen LogP) is 2.40. The average Bonchev–Trinajstić information content (AvgIpc) is 3.18. The van der Waals surface area contributed by atoms with Crippen LogP contribution in [0, 0.1) is 0 Å². The largest absolute Gasteiger partial charge is 0.507 e. The third-order valence-corrected chi connectivity index (χ3v) is 4.46. The molecule has 0 radical (unpaired) electrons. The number of rotatable bonds is 4. The van der Waals surface area contributed by atoms with Gasteiger partial charge in [-0.15, -0.1) is 10.2 Å². The highest BCUT2D eigenvalue weighted by Gasteiger charge is 2.14. The van der Waals surface area contributed by atoms with Crippen LogP contribution in [-0.2, 0) is 0 Å². The van der Waals surface area contributed by atoms with E-state index in [1.54, 1.807) is 18.5 Å². The minimum absolute atomic E-state index is 0.173. The molecule has 4 rings (SSSR count). The molecule has 0 saturated carbocycles. The van der Waals surface area contributed by atoms with Crippen LogP contribution in [0.4, 0.5) is 5.82 Å². The number of benzene rings is 1. The summed E-state index contributed by atoms with van der Waals surface area (Å²) in [5.74, 6) is 0.942. The van der Waals surface area contributed by atoms with E-state index in [1.807, 2.05) is 24.3 Å². The predicted molar refractivity (Wildman–Crippen MR) is 96.2 cm³/mol. The number of phenols is 1. The van der Waals surface area contributed by atoms with E-state index in [9.17, 15) is 5.11 Å². The maximum Gasteiger partial charge on any atom is 0.148 e. The van der Waals surface area contributed by atoms with Crippen molar-refractivity contribution < 1.29 is 5.11 Å². The summed E-state index contributed by atoms with van der Waals surface area (Å²) in [6.07, 6.45) is 5.67. The van der Waals surface area contributed by atoms with Crippen molar-refractivity contribution in [3.63, 3.8) is 0 Å². The first-order valence-corrected chi connectivity index (χ1v) is 8.43. The van der Waals surface area contributed by atoms with Crippen molar-refractivity contribution in [1.29, 1.82) is 0 Å². The Morgan fingerprint density at radius 3 is 2.60 bits per heavy atom. The van der Waals surface area contributed by atoms with E-state index in [0.29, 0.717) is 17.3 Å². The smallest absolute Gasteiger partial charge is 0.148 e. The number of aromatic nitrogens is 4. The third kappa shape index (κ3) is 3.46. The minimum atomic E-state index is 0.173. The Labute approximate surface area is 145 Å². The van der Waals surface area contributed by atoms with Crippen LogP contribution in [0.5, 0.6) is 5.75 Å². The highest BCUT2D eigenvalue weighted by molar-refractivity contribution is 5.73. The molecule has 0 bridgehead atoms. The molecule has 128 valence electrons. The molecular weight excluding hydrogens is 316 g/mol. The van der Waals surface area contributed by atoms with Gasteiger partial charge in [0.2, 0.25) is 0 Å². The molecule has 0 atom stereocenters. The lowest BCUT2D eigenvalue weighted by molar-refractivity contribution is 0.476. The van der Waals surface area contributed by atoms with Crippen LogP contribution in [0.1, 0.15) is 12.8 Å². The van der Waals surface area contributed by atoms with Crippen LogP contribution in [0.15, 0.2) is 42.7 Å². The number of nitrogens with one attached hydrogen (secondary N) is 3. The van der Waals surface area contributed by atoms with Crippen molar-refractivity contribution in [3.8, 4) is 28.1 Å². The zero-order chi connectivity index (χ0) is 17.1. The molecule has 0 unspecified atom stereocenters. The van der Waals surface area contributed by atoms with Crippen molar-refractivity contribution in [1.82, 2.24) is 25.7 Å². The number of anilines is 1. The van der Waals surface area contributed by atoms with Crippen molar-refractivity contribution in [2.75, 3.05) is 18.4 Å². The number of H-pyrrole nitrogens is 1. The molecule has 3 aromatic rings. The lowest BCUT2D eigenvalue weighted by Crippen LogP contribution is -2.35. The molecule has 25 heavy (non-hydrogen) atoms. The van der Waals surface area contributed by atoms with Crippen LogP contribution >= 0.6 is 0 Å². The lowest BCUT2D eigenvalue weighted by atomic mass is 10.0. The number of aromatic hydroxyl groups is 1. The standard InChI is InChI=1S/C18H20N6O/c25-17-9-12(13-10-20-21-11-13)1-2-15(17)16-3-4-18(24-23-16)22-14-5-7-19-8-6-14/h1-4,9-11,14,19,25H,5-8H2,(H,20,21)(H,22,24). The number of aromatic amines is 1. The van der Waals surface area contributed by atoms with Crippen molar-refractivity contribution in [2.45, 2.75) is 18.9 Å². The summed E-state index contributed by atoms with van der Waals surface area (Å²) in [5, 5.41) is 32.3. The van der Waals surface area contributed by atoms with E-state index in [-0.39, 0.29) is 5.75 Å². The molecule has 1 fully saturated rings. The first kappa shape index (κ1) is 15.6. The summed E-state index contributed by atoms with van der Waals surface area (Å²) in [4.78, 5) is 0. The highest BCUT2D eigenvalue weighted by atomic mass is 16.3. The van der Waals surface area contributed by atoms with Gasteiger partial charge in [0.1, 0.15) is 11.6 Å². The van der Waals surface area contributed by atoms with E-state index in [0.717, 1.165) is 42.9 Å². The Hall–Kier alpha value is -2.93. The summed E-state index contributed by atoms with van der Waals surface area (Å²) in [7, 11) is 0. The molecule has 4 N–H and O–H groups in total. The molecule has 1 saturated heterocycles. The van der Waals surface area contributed by atoms with E-state index in [1.165, 1.54) is 0 Å². The Morgan fingerprint density at radius 2 is 1.92 bits per heavy atom. The summed E-state index contributed by atoms with van der Waals surface area (Å²) in [6, 6.07) is 9.72. The zero-order valence-electron chi connectivity index (χ0n) is 13.7. The summed E-state index contributed by atoms with van der Waals surface area (Å²) >= 11 is 0. The maximum absolute atomic E-state index is 10.4. The topological polar surface area (TPSA) is 98.8 Å². The van der Waals surface area contributed by atoms with Crippen LogP contribution in [0.3, 0.4) is 0 Å². The van der Waals surface area contributed by atoms with Gasteiger partial charge in [-0.25, -0.2) is 0 Å². The molecule has 2 aromatic heterocycles. The number of hydrogen-bond donors (Lipinski definition) is 4. The SMILES string of the molecule is Oc1cc(-c2cn[nH]c2)ccc1-c1ccc(NC2CCNCC2)nn1. The quantitative estimate of drug-likeness (QED) is 0.584. The summed E-state index contributed by atoms with van der Waals surface area (Å²) in [5.41, 5.74) is 3.13. The molecular formula is C18H20N6O. The molecule has 0 amide bonds. The Bertz CT molecular complexity index is 825. The average molecular weight is 336 g/mol. The Morgan fingerprint density at radius 1 is 1.04 bits per heavy atom. The van der Waals surface area contributed by atoms with Gasteiger partial charge in [-0.2, -0.15) is 5.10 Å². The fourth-order valence-corrected chi connectivity index (χ4v) is 3.06. The number of phenolic OH excluding ortho intramolecular Hbond substituents is 1. The van der Waals surface area contributed by atoms with Gasteiger partial charge < -0.3 is 15.7 Å². The second kappa shape index (κ2) is 6.90. The van der Waals surface area contributed by atoms with Crippen LogP contribution in [0.2, 0.25) is 0 Å². The van der Waals surface area contributed by atoms with E-state index in [2.05, 4.69) is 31.0 Å². The first-order chi connectivity index (χ1) is 12.3. The van der Waals surface area contributed by atoms with Gasteiger partial charge in [-0.3, -0.25) is 5.10 Å². The molecule has 1 aliphatic rings. The van der Waals surface area contributed by atoms with Crippen molar-refractivity contribution in [3.05, 3.63) is 42.7 Å². The fourth-order valence-electron chi connectivity index (χ4n) is 3.06. The molecule has 3 heterocycles. The van der Waals surface area contributed by atoms with Gasteiger partial charge in [0.15, 0.2) is 0 Å². The van der Waals surface area contributed by atoms with Gasteiger partial charge in [0.05, 0.1) is 11.9 Å². The van der Waals surface area contributed by atoms with Gasteiger partial charge in [0, 0.05) is 23.4 Å². The second-order valence-corrected chi connectivity index (χ2v) is 6.19. The van der Waals surface area contributed by atoms with E-state index in [4.69, 9.17) is 0 Å².